The van der Waals surface area contributed by atoms with Crippen LogP contribution in [-0.4, -0.2) is 24.6 Å². The summed E-state index contributed by atoms with van der Waals surface area (Å²) in [5, 5.41) is 7.70. The number of anilines is 2. The van der Waals surface area contributed by atoms with Crippen LogP contribution < -0.4 is 11.1 Å². The van der Waals surface area contributed by atoms with Crippen molar-refractivity contribution < 1.29 is 0 Å². The van der Waals surface area contributed by atoms with Crippen LogP contribution in [0.2, 0.25) is 0 Å². The Morgan fingerprint density at radius 3 is 3.05 bits per heavy atom. The first-order valence-corrected chi connectivity index (χ1v) is 6.55. The fourth-order valence-electron chi connectivity index (χ4n) is 2.21. The lowest BCUT2D eigenvalue weighted by molar-refractivity contribution is 0.693. The van der Waals surface area contributed by atoms with Crippen molar-refractivity contribution in [1.29, 1.82) is 0 Å². The van der Waals surface area contributed by atoms with Gasteiger partial charge < -0.3 is 16.0 Å². The monoisotopic (exact) mass is 271 g/mol. The second-order valence-electron chi connectivity index (χ2n) is 4.70. The first kappa shape index (κ1) is 12.5. The molecule has 0 aromatic carbocycles. The van der Waals surface area contributed by atoms with Gasteiger partial charge in [0.05, 0.1) is 17.9 Å². The number of hydrogen-bond acceptors (Lipinski definition) is 5. The number of imidazole rings is 1. The fraction of sp³-hybridized carbons (Fsp3) is 0.308. The smallest absolute Gasteiger partial charge is 0.180 e. The number of aromatic nitrogens is 5. The Hall–Kier alpha value is -2.57. The number of nitrogen functional groups attached to an aromatic ring is 1. The van der Waals surface area contributed by atoms with Gasteiger partial charge in [0, 0.05) is 24.2 Å². The Kier molecular flexibility index (Phi) is 3.02. The van der Waals surface area contributed by atoms with Gasteiger partial charge in [-0.1, -0.05) is 6.92 Å². The van der Waals surface area contributed by atoms with Gasteiger partial charge in [0.15, 0.2) is 5.65 Å². The van der Waals surface area contributed by atoms with Crippen molar-refractivity contribution in [3.8, 4) is 0 Å². The van der Waals surface area contributed by atoms with Gasteiger partial charge in [-0.25, -0.2) is 9.97 Å². The first-order chi connectivity index (χ1) is 9.69. The van der Waals surface area contributed by atoms with E-state index in [0.29, 0.717) is 11.3 Å². The molecule has 7 nitrogen and oxygen atoms in total. The molecule has 1 atom stereocenters. The molecule has 0 saturated heterocycles. The van der Waals surface area contributed by atoms with Gasteiger partial charge in [-0.05, 0) is 13.3 Å². The molecule has 3 aromatic rings. The molecule has 7 heteroatoms. The van der Waals surface area contributed by atoms with Crippen molar-refractivity contribution in [2.45, 2.75) is 26.3 Å². The van der Waals surface area contributed by atoms with Crippen LogP contribution in [0.4, 0.5) is 11.5 Å². The number of aryl methyl sites for hydroxylation is 1. The van der Waals surface area contributed by atoms with E-state index < -0.39 is 0 Å². The molecule has 0 saturated carbocycles. The lowest BCUT2D eigenvalue weighted by Gasteiger charge is -2.17. The van der Waals surface area contributed by atoms with Crippen molar-refractivity contribution in [1.82, 2.24) is 24.6 Å². The number of rotatable bonds is 4. The highest BCUT2D eigenvalue weighted by Gasteiger charge is 2.15. The van der Waals surface area contributed by atoms with Gasteiger partial charge in [-0.3, -0.25) is 0 Å². The van der Waals surface area contributed by atoms with Gasteiger partial charge in [0.2, 0.25) is 0 Å². The average molecular weight is 271 g/mol. The van der Waals surface area contributed by atoms with Crippen molar-refractivity contribution in [2.75, 3.05) is 11.1 Å². The second-order valence-corrected chi connectivity index (χ2v) is 4.70. The Bertz CT molecular complexity index is 714. The normalized spacial score (nSPS) is 12.7. The quantitative estimate of drug-likeness (QED) is 0.673. The largest absolute Gasteiger partial charge is 0.394 e. The summed E-state index contributed by atoms with van der Waals surface area (Å²) < 4.78 is 1.72. The molecular formula is C13H17N7. The third-order valence-electron chi connectivity index (χ3n) is 3.21. The molecule has 0 aliphatic carbocycles. The number of fused-ring (bicyclic) bond motifs is 1. The van der Waals surface area contributed by atoms with E-state index >= 15 is 0 Å². The summed E-state index contributed by atoms with van der Waals surface area (Å²) in [5.41, 5.74) is 8.01. The molecular weight excluding hydrogens is 254 g/mol. The van der Waals surface area contributed by atoms with Crippen molar-refractivity contribution >= 4 is 17.2 Å². The van der Waals surface area contributed by atoms with E-state index in [2.05, 4.69) is 32.3 Å². The Balaban J connectivity index is 2.01. The SMILES string of the molecule is CCC(Nc1cc(C)nc2c(N)cnn12)c1ncc[nH]1. The summed E-state index contributed by atoms with van der Waals surface area (Å²) in [6.45, 7) is 4.04. The summed E-state index contributed by atoms with van der Waals surface area (Å²) in [4.78, 5) is 11.8. The fourth-order valence-corrected chi connectivity index (χ4v) is 2.21. The summed E-state index contributed by atoms with van der Waals surface area (Å²) in [6, 6.07) is 2.03. The zero-order chi connectivity index (χ0) is 14.1. The number of aromatic amines is 1. The summed E-state index contributed by atoms with van der Waals surface area (Å²) in [6.07, 6.45) is 6.08. The van der Waals surface area contributed by atoms with Crippen LogP contribution in [0.15, 0.2) is 24.7 Å². The summed E-state index contributed by atoms with van der Waals surface area (Å²) >= 11 is 0. The molecule has 104 valence electrons. The minimum atomic E-state index is 0.0837. The minimum absolute atomic E-state index is 0.0837. The van der Waals surface area contributed by atoms with Crippen molar-refractivity contribution in [3.05, 3.63) is 36.2 Å². The predicted octanol–water partition coefficient (Wildman–Crippen LogP) is 1.91. The topological polar surface area (TPSA) is 96.9 Å². The van der Waals surface area contributed by atoms with E-state index in [1.54, 1.807) is 16.9 Å². The van der Waals surface area contributed by atoms with E-state index in [-0.39, 0.29) is 6.04 Å². The van der Waals surface area contributed by atoms with Crippen LogP contribution in [0, 0.1) is 6.92 Å². The van der Waals surface area contributed by atoms with Crippen LogP contribution in [0.1, 0.15) is 30.9 Å². The van der Waals surface area contributed by atoms with Crippen LogP contribution in [-0.2, 0) is 0 Å². The maximum Gasteiger partial charge on any atom is 0.180 e. The molecule has 0 bridgehead atoms. The van der Waals surface area contributed by atoms with Crippen molar-refractivity contribution in [2.24, 2.45) is 0 Å². The molecule has 0 fully saturated rings. The van der Waals surface area contributed by atoms with Gasteiger partial charge in [0.1, 0.15) is 11.6 Å². The van der Waals surface area contributed by atoms with E-state index in [1.807, 2.05) is 19.2 Å². The van der Waals surface area contributed by atoms with Crippen molar-refractivity contribution in [3.63, 3.8) is 0 Å². The van der Waals surface area contributed by atoms with Gasteiger partial charge in [-0.2, -0.15) is 9.61 Å². The summed E-state index contributed by atoms with van der Waals surface area (Å²) in [5.74, 6) is 1.75. The number of hydrogen-bond donors (Lipinski definition) is 3. The molecule has 3 heterocycles. The molecule has 4 N–H and O–H groups in total. The summed E-state index contributed by atoms with van der Waals surface area (Å²) in [7, 11) is 0. The van der Waals surface area contributed by atoms with E-state index in [1.165, 1.54) is 0 Å². The number of nitrogens with two attached hydrogens (primary N) is 1. The zero-order valence-electron chi connectivity index (χ0n) is 11.5. The van der Waals surface area contributed by atoms with Crippen LogP contribution >= 0.6 is 0 Å². The number of H-pyrrole nitrogens is 1. The molecule has 0 aliphatic heterocycles. The highest BCUT2D eigenvalue weighted by molar-refractivity contribution is 5.66. The van der Waals surface area contributed by atoms with E-state index in [4.69, 9.17) is 5.73 Å². The lowest BCUT2D eigenvalue weighted by Crippen LogP contribution is -2.14. The molecule has 0 spiro atoms. The lowest BCUT2D eigenvalue weighted by atomic mass is 10.2. The van der Waals surface area contributed by atoms with Crippen LogP contribution in [0.3, 0.4) is 0 Å². The number of nitrogens with zero attached hydrogens (tertiary/aromatic N) is 4. The second kappa shape index (κ2) is 4.84. The molecule has 3 rings (SSSR count). The highest BCUT2D eigenvalue weighted by Crippen LogP contribution is 2.22. The average Bonchev–Trinajstić information content (AvgIpc) is 3.07. The Morgan fingerprint density at radius 2 is 2.35 bits per heavy atom. The molecule has 1 unspecified atom stereocenters. The van der Waals surface area contributed by atoms with Crippen LogP contribution in [0.25, 0.3) is 5.65 Å². The van der Waals surface area contributed by atoms with E-state index in [0.717, 1.165) is 23.8 Å². The molecule has 0 radical (unpaired) electrons. The maximum atomic E-state index is 5.88. The first-order valence-electron chi connectivity index (χ1n) is 6.55. The molecule has 20 heavy (non-hydrogen) atoms. The third-order valence-corrected chi connectivity index (χ3v) is 3.21. The highest BCUT2D eigenvalue weighted by atomic mass is 15.3. The minimum Gasteiger partial charge on any atom is -0.394 e. The van der Waals surface area contributed by atoms with Gasteiger partial charge >= 0.3 is 0 Å². The Labute approximate surface area is 116 Å². The maximum absolute atomic E-state index is 5.88. The number of nitrogens with one attached hydrogen (secondary N) is 2. The Morgan fingerprint density at radius 1 is 1.50 bits per heavy atom. The molecule has 0 aliphatic rings. The van der Waals surface area contributed by atoms with Gasteiger partial charge in [0.25, 0.3) is 0 Å². The third kappa shape index (κ3) is 2.07. The van der Waals surface area contributed by atoms with Gasteiger partial charge in [-0.15, -0.1) is 0 Å². The predicted molar refractivity (Wildman–Crippen MR) is 77.4 cm³/mol. The molecule has 3 aromatic heterocycles. The van der Waals surface area contributed by atoms with Crippen LogP contribution in [0.5, 0.6) is 0 Å². The van der Waals surface area contributed by atoms with E-state index in [9.17, 15) is 0 Å². The zero-order valence-corrected chi connectivity index (χ0v) is 11.5. The standard InChI is InChI=1S/C13H17N7/c1-3-10(12-15-4-5-16-12)19-11-6-8(2)18-13-9(14)7-17-20(11)13/h4-7,10,19H,3,14H2,1-2H3,(H,15,16). The molecule has 0 amide bonds.